The van der Waals surface area contributed by atoms with E-state index in [2.05, 4.69) is 27.2 Å². The molecule has 13 heteroatoms. The summed E-state index contributed by atoms with van der Waals surface area (Å²) in [5.74, 6) is -0.0849. The fourth-order valence-electron chi connectivity index (χ4n) is 3.28. The summed E-state index contributed by atoms with van der Waals surface area (Å²) in [6, 6.07) is 0.384. The van der Waals surface area contributed by atoms with E-state index >= 15 is 0 Å². The lowest BCUT2D eigenvalue weighted by Gasteiger charge is -2.38. The molecule has 0 aliphatic carbocycles. The van der Waals surface area contributed by atoms with Gasteiger partial charge in [0.1, 0.15) is 35.8 Å². The van der Waals surface area contributed by atoms with Crippen molar-refractivity contribution < 1.29 is 27.8 Å². The molecule has 1 aliphatic heterocycles. The van der Waals surface area contributed by atoms with Gasteiger partial charge < -0.3 is 20.5 Å². The molecule has 2 rings (SSSR count). The van der Waals surface area contributed by atoms with E-state index in [9.17, 15) is 23.1 Å². The smallest absolute Gasteiger partial charge is 0.411 e. The third-order valence-corrected chi connectivity index (χ3v) is 5.11. The highest BCUT2D eigenvalue weighted by Gasteiger charge is 2.28. The number of ether oxygens (including phenoxy) is 1. The molecular weight excluding hydrogens is 465 g/mol. The average molecular weight is 493 g/mol. The molecule has 9 nitrogen and oxygen atoms in total. The van der Waals surface area contributed by atoms with E-state index in [4.69, 9.17) is 16.3 Å². The number of alkyl halides is 3. The van der Waals surface area contributed by atoms with Crippen LogP contribution in [0.3, 0.4) is 0 Å². The Kier molecular flexibility index (Phi) is 10.2. The lowest BCUT2D eigenvalue weighted by atomic mass is 10.1. The average Bonchev–Trinajstić information content (AvgIpc) is 2.76. The molecule has 0 unspecified atom stereocenters. The van der Waals surface area contributed by atoms with Crippen molar-refractivity contribution in [2.75, 3.05) is 45.2 Å². The Hall–Kier alpha value is -2.57. The summed E-state index contributed by atoms with van der Waals surface area (Å²) >= 11 is 5.83. The number of anilines is 1. The normalized spacial score (nSPS) is 15.2. The van der Waals surface area contributed by atoms with Gasteiger partial charge in [-0.3, -0.25) is 5.01 Å². The molecule has 184 valence electrons. The van der Waals surface area contributed by atoms with E-state index in [0.717, 1.165) is 30.8 Å². The zero-order valence-corrected chi connectivity index (χ0v) is 19.0. The lowest BCUT2D eigenvalue weighted by Crippen LogP contribution is -2.48. The maximum atomic E-state index is 12.4. The van der Waals surface area contributed by atoms with Gasteiger partial charge in [-0.1, -0.05) is 24.3 Å². The largest absolute Gasteiger partial charge is 0.480 e. The molecule has 0 aromatic carbocycles. The number of rotatable bonds is 13. The van der Waals surface area contributed by atoms with E-state index < -0.39 is 24.8 Å². The van der Waals surface area contributed by atoms with Gasteiger partial charge in [-0.25, -0.2) is 19.8 Å². The van der Waals surface area contributed by atoms with Crippen LogP contribution in [0.15, 0.2) is 36.4 Å². The van der Waals surface area contributed by atoms with Crippen LogP contribution in [0.25, 0.3) is 0 Å². The molecule has 1 aromatic rings. The zero-order chi connectivity index (χ0) is 24.4. The number of hydrogen-bond acceptors (Lipinski definition) is 8. The first-order valence-electron chi connectivity index (χ1n) is 10.3. The number of carboxylic acid groups (broad SMARTS) is 1. The molecule has 0 saturated heterocycles. The van der Waals surface area contributed by atoms with Crippen LogP contribution < -0.4 is 10.6 Å². The van der Waals surface area contributed by atoms with Gasteiger partial charge in [0.15, 0.2) is 0 Å². The third kappa shape index (κ3) is 9.06. The van der Waals surface area contributed by atoms with Crippen molar-refractivity contribution >= 4 is 23.4 Å². The van der Waals surface area contributed by atoms with Crippen LogP contribution in [0.4, 0.5) is 19.0 Å². The minimum absolute atomic E-state index is 0.119. The zero-order valence-electron chi connectivity index (χ0n) is 18.2. The number of hydrogen-bond donors (Lipinski definition) is 3. The van der Waals surface area contributed by atoms with Crippen LogP contribution in [-0.2, 0) is 9.53 Å². The molecule has 3 N–H and O–H groups in total. The Morgan fingerprint density at radius 3 is 2.85 bits per heavy atom. The molecular formula is C20H28ClF3N6O3. The standard InChI is InChI=1S/C20H28ClF3N6O3/c1-3-14-5-4-7-25-18(14)29(2)30(9-10-33-12-20(22,23)24)8-6-15(19(31)32)28-17-11-16(21)26-13-27-17/h3,11,13,15,25H,1,4-10,12H2,2H3,(H,31,32)(H,26,27,28)/t15-/m0/s1. The molecule has 1 aliphatic rings. The van der Waals surface area contributed by atoms with Gasteiger partial charge in [0.05, 0.1) is 6.61 Å². The van der Waals surface area contributed by atoms with Crippen molar-refractivity contribution in [3.05, 3.63) is 41.6 Å². The van der Waals surface area contributed by atoms with Crippen LogP contribution in [0.5, 0.6) is 0 Å². The minimum Gasteiger partial charge on any atom is -0.480 e. The number of carboxylic acids is 1. The fraction of sp³-hybridized carbons (Fsp3) is 0.550. The number of aliphatic carboxylic acids is 1. The highest BCUT2D eigenvalue weighted by molar-refractivity contribution is 6.29. The van der Waals surface area contributed by atoms with E-state index in [1.165, 1.54) is 12.4 Å². The van der Waals surface area contributed by atoms with Gasteiger partial charge in [0, 0.05) is 32.7 Å². The summed E-state index contributed by atoms with van der Waals surface area (Å²) in [5.41, 5.74) is 0.966. The van der Waals surface area contributed by atoms with Crippen LogP contribution in [-0.4, -0.2) is 83.2 Å². The summed E-state index contributed by atoms with van der Waals surface area (Å²) in [5, 5.41) is 19.4. The van der Waals surface area contributed by atoms with Crippen LogP contribution in [0.1, 0.15) is 19.3 Å². The lowest BCUT2D eigenvalue weighted by molar-refractivity contribution is -0.176. The molecule has 1 aromatic heterocycles. The molecule has 0 spiro atoms. The highest BCUT2D eigenvalue weighted by atomic mass is 35.5. The van der Waals surface area contributed by atoms with Gasteiger partial charge in [-0.2, -0.15) is 13.2 Å². The number of nitrogens with one attached hydrogen (secondary N) is 2. The van der Waals surface area contributed by atoms with E-state index in [0.29, 0.717) is 0 Å². The molecule has 0 bridgehead atoms. The molecule has 1 atom stereocenters. The van der Waals surface area contributed by atoms with Gasteiger partial charge in [-0.15, -0.1) is 0 Å². The van der Waals surface area contributed by atoms with Gasteiger partial charge in [0.25, 0.3) is 0 Å². The van der Waals surface area contributed by atoms with Crippen molar-refractivity contribution in [1.29, 1.82) is 0 Å². The van der Waals surface area contributed by atoms with Gasteiger partial charge >= 0.3 is 12.1 Å². The number of halogens is 4. The van der Waals surface area contributed by atoms with Crippen molar-refractivity contribution in [3.63, 3.8) is 0 Å². The monoisotopic (exact) mass is 492 g/mol. The fourth-order valence-corrected chi connectivity index (χ4v) is 3.42. The van der Waals surface area contributed by atoms with Crippen molar-refractivity contribution in [2.24, 2.45) is 0 Å². The Morgan fingerprint density at radius 1 is 1.45 bits per heavy atom. The first kappa shape index (κ1) is 26.7. The second-order valence-corrected chi connectivity index (χ2v) is 7.69. The summed E-state index contributed by atoms with van der Waals surface area (Å²) in [6.45, 7) is 3.36. The summed E-state index contributed by atoms with van der Waals surface area (Å²) in [6.07, 6.45) is 0.382. The SMILES string of the molecule is C=CC1=C(N(C)N(CCOCC(F)(F)F)CC[C@H](Nc2cc(Cl)ncn2)C(=O)O)NCCC1. The Morgan fingerprint density at radius 2 is 2.21 bits per heavy atom. The van der Waals surface area contributed by atoms with Gasteiger partial charge in [0.2, 0.25) is 0 Å². The second kappa shape index (κ2) is 12.6. The number of nitrogens with zero attached hydrogens (tertiary/aromatic N) is 4. The predicted molar refractivity (Wildman–Crippen MR) is 117 cm³/mol. The topological polar surface area (TPSA) is 103 Å². The van der Waals surface area contributed by atoms with Gasteiger partial charge in [-0.05, 0) is 24.8 Å². The van der Waals surface area contributed by atoms with E-state index in [-0.39, 0.29) is 37.1 Å². The van der Waals surface area contributed by atoms with Crippen LogP contribution in [0, 0.1) is 0 Å². The Labute approximate surface area is 195 Å². The number of hydrazine groups is 1. The minimum atomic E-state index is -4.42. The predicted octanol–water partition coefficient (Wildman–Crippen LogP) is 2.89. The molecule has 33 heavy (non-hydrogen) atoms. The van der Waals surface area contributed by atoms with Crippen molar-refractivity contribution in [1.82, 2.24) is 25.3 Å². The maximum Gasteiger partial charge on any atom is 0.411 e. The summed E-state index contributed by atoms with van der Waals surface area (Å²) in [4.78, 5) is 19.5. The Balaban J connectivity index is 2.11. The quantitative estimate of drug-likeness (QED) is 0.218. The molecule has 2 heterocycles. The third-order valence-electron chi connectivity index (χ3n) is 4.90. The van der Waals surface area contributed by atoms with Crippen LogP contribution in [0.2, 0.25) is 5.15 Å². The first-order valence-corrected chi connectivity index (χ1v) is 10.7. The maximum absolute atomic E-state index is 12.4. The summed E-state index contributed by atoms with van der Waals surface area (Å²) in [7, 11) is 1.76. The molecule has 0 fully saturated rings. The Bertz CT molecular complexity index is 840. The first-order chi connectivity index (χ1) is 15.6. The molecule has 0 radical (unpaired) electrons. The second-order valence-electron chi connectivity index (χ2n) is 7.30. The molecule has 0 amide bonds. The highest BCUT2D eigenvalue weighted by Crippen LogP contribution is 2.20. The van der Waals surface area contributed by atoms with E-state index in [1.54, 1.807) is 23.1 Å². The summed E-state index contributed by atoms with van der Waals surface area (Å²) < 4.78 is 42.1. The van der Waals surface area contributed by atoms with Crippen molar-refractivity contribution in [2.45, 2.75) is 31.5 Å². The van der Waals surface area contributed by atoms with Crippen LogP contribution >= 0.6 is 11.6 Å². The van der Waals surface area contributed by atoms with Crippen molar-refractivity contribution in [3.8, 4) is 0 Å². The number of aromatic nitrogens is 2. The number of allylic oxidation sites excluding steroid dienone is 2. The number of carbonyl (C=O) groups is 1. The van der Waals surface area contributed by atoms with E-state index in [1.807, 2.05) is 0 Å². The molecule has 0 saturated carbocycles.